The van der Waals surface area contributed by atoms with Crippen LogP contribution in [0.1, 0.15) is 65.2 Å². The number of unbranched alkanes of at least 4 members (excludes halogenated alkanes) is 2. The normalized spacial score (nSPS) is 16.9. The molecule has 0 N–H and O–H groups in total. The third kappa shape index (κ3) is 8.47. The first kappa shape index (κ1) is 44.7. The highest BCUT2D eigenvalue weighted by atomic mass is 32.2. The maximum atomic E-state index is 13.0. The largest absolute Gasteiger partial charge is 0.743 e. The van der Waals surface area contributed by atoms with Gasteiger partial charge < -0.3 is 4.55 Å². The molecule has 4 nitrogen and oxygen atoms in total. The Hall–Kier alpha value is -1.26. The van der Waals surface area contributed by atoms with Crippen LogP contribution in [0.25, 0.3) is 0 Å². The van der Waals surface area contributed by atoms with Crippen molar-refractivity contribution in [1.29, 1.82) is 0 Å². The Labute approximate surface area is 254 Å². The second-order valence-corrected chi connectivity index (χ2v) is 14.0. The van der Waals surface area contributed by atoms with E-state index in [2.05, 4.69) is 13.8 Å². The third-order valence-corrected chi connectivity index (χ3v) is 10.0. The summed E-state index contributed by atoms with van der Waals surface area (Å²) >= 11 is 0. The molecule has 0 aliphatic heterocycles. The summed E-state index contributed by atoms with van der Waals surface area (Å²) in [5, 5.41) is -7.95. The van der Waals surface area contributed by atoms with Gasteiger partial charge in [-0.1, -0.05) is 39.5 Å². The summed E-state index contributed by atoms with van der Waals surface area (Å²) in [7, 11) is -7.74. The van der Waals surface area contributed by atoms with Gasteiger partial charge in [0.05, 0.1) is 0 Å². The van der Waals surface area contributed by atoms with Crippen molar-refractivity contribution < 1.29 is 92.4 Å². The first-order chi connectivity index (χ1) is 20.3. The molecule has 1 saturated carbocycles. The Kier molecular flexibility index (Phi) is 14.7. The molecule has 1 aliphatic carbocycles. The van der Waals surface area contributed by atoms with Gasteiger partial charge in [0.15, 0.2) is 21.7 Å². The zero-order valence-corrected chi connectivity index (χ0v) is 25.4. The standard InChI is InChI=1S/C15H29OS.C8HF17O3S/c1-3-5-11-17(12-6-4-2)13-15(16)14-9-7-8-10-14;9-1(10,3(13,14)5(17,18)7(21,22)23)2(11,12)4(15,16)6(19,20)8(24,25)29(26,27)28/h14H,3-13H2,1-2H3;(H,26,27,28)/q+1;/p-1. The zero-order chi connectivity index (χ0) is 37.0. The molecule has 23 heteroatoms. The van der Waals surface area contributed by atoms with Gasteiger partial charge in [-0.15, -0.1) is 0 Å². The van der Waals surface area contributed by atoms with Gasteiger partial charge in [-0.2, -0.15) is 74.6 Å². The van der Waals surface area contributed by atoms with Crippen molar-refractivity contribution in [3.63, 3.8) is 0 Å². The number of Topliss-reactive ketones (excluding diaryl/α,β-unsaturated/α-hetero) is 1. The van der Waals surface area contributed by atoms with Crippen LogP contribution >= 0.6 is 0 Å². The molecule has 0 heterocycles. The van der Waals surface area contributed by atoms with E-state index in [4.69, 9.17) is 0 Å². The van der Waals surface area contributed by atoms with Crippen LogP contribution < -0.4 is 0 Å². The fourth-order valence-corrected chi connectivity index (χ4v) is 6.78. The van der Waals surface area contributed by atoms with E-state index in [1.807, 2.05) is 0 Å². The van der Waals surface area contributed by atoms with Crippen LogP contribution in [-0.2, 0) is 25.8 Å². The quantitative estimate of drug-likeness (QED) is 0.0901. The molecule has 0 aromatic carbocycles. The van der Waals surface area contributed by atoms with E-state index in [9.17, 15) is 92.4 Å². The van der Waals surface area contributed by atoms with Crippen LogP contribution in [0.4, 0.5) is 74.6 Å². The minimum Gasteiger partial charge on any atom is -0.743 e. The van der Waals surface area contributed by atoms with Gasteiger partial charge in [0.2, 0.25) is 0 Å². The first-order valence-electron chi connectivity index (χ1n) is 13.1. The van der Waals surface area contributed by atoms with Gasteiger partial charge in [0, 0.05) is 5.92 Å². The van der Waals surface area contributed by atoms with Gasteiger partial charge in [-0.25, -0.2) is 8.42 Å². The Balaban J connectivity index is 0.00000100. The molecule has 0 atom stereocenters. The predicted molar refractivity (Wildman–Crippen MR) is 129 cm³/mol. The molecule has 0 unspecified atom stereocenters. The monoisotopic (exact) mass is 756 g/mol. The molecular formula is C23H29F17O4S2. The number of ketones is 1. The van der Waals surface area contributed by atoms with Gasteiger partial charge in [-0.05, 0) is 36.6 Å². The molecular weight excluding hydrogens is 727 g/mol. The topological polar surface area (TPSA) is 74.3 Å². The van der Waals surface area contributed by atoms with Gasteiger partial charge in [0.25, 0.3) is 0 Å². The minimum absolute atomic E-state index is 0.400. The highest BCUT2D eigenvalue weighted by molar-refractivity contribution is 7.97. The summed E-state index contributed by atoms with van der Waals surface area (Å²) in [4.78, 5) is 12.2. The molecule has 0 bridgehead atoms. The van der Waals surface area contributed by atoms with Crippen LogP contribution in [0.2, 0.25) is 0 Å². The Morgan fingerprint density at radius 1 is 0.630 bits per heavy atom. The maximum Gasteiger partial charge on any atom is 0.460 e. The van der Waals surface area contributed by atoms with Crippen molar-refractivity contribution in [1.82, 2.24) is 0 Å². The predicted octanol–water partition coefficient (Wildman–Crippen LogP) is 8.46. The summed E-state index contributed by atoms with van der Waals surface area (Å²) in [5.74, 6) is -47.6. The molecule has 0 spiro atoms. The van der Waals surface area contributed by atoms with Crippen molar-refractivity contribution in [3.05, 3.63) is 0 Å². The second kappa shape index (κ2) is 15.1. The van der Waals surface area contributed by atoms with Crippen molar-refractivity contribution >= 4 is 26.8 Å². The van der Waals surface area contributed by atoms with Crippen molar-refractivity contribution in [2.45, 2.75) is 112 Å². The maximum absolute atomic E-state index is 13.0. The second-order valence-electron chi connectivity index (χ2n) is 10.2. The molecule has 1 rings (SSSR count). The van der Waals surface area contributed by atoms with E-state index >= 15 is 0 Å². The van der Waals surface area contributed by atoms with E-state index in [1.165, 1.54) is 62.9 Å². The average molecular weight is 757 g/mol. The molecule has 0 aromatic rings. The van der Waals surface area contributed by atoms with Crippen molar-refractivity contribution in [2.75, 3.05) is 17.3 Å². The molecule has 0 aromatic heterocycles. The number of carbonyl (C=O) groups excluding carboxylic acids is 1. The summed E-state index contributed by atoms with van der Waals surface area (Å²) in [6.45, 7) is 4.50. The number of carbonyl (C=O) groups is 1. The van der Waals surface area contributed by atoms with Gasteiger partial charge in [-0.3, -0.25) is 4.79 Å². The van der Waals surface area contributed by atoms with Crippen LogP contribution in [0.3, 0.4) is 0 Å². The molecule has 1 fully saturated rings. The lowest BCUT2D eigenvalue weighted by molar-refractivity contribution is -0.458. The van der Waals surface area contributed by atoms with E-state index in [1.54, 1.807) is 0 Å². The van der Waals surface area contributed by atoms with Crippen LogP contribution in [0, 0.1) is 5.92 Å². The van der Waals surface area contributed by atoms with Crippen molar-refractivity contribution in [2.24, 2.45) is 5.92 Å². The van der Waals surface area contributed by atoms with E-state index in [0.717, 1.165) is 5.75 Å². The number of alkyl halides is 17. The van der Waals surface area contributed by atoms with Crippen molar-refractivity contribution in [3.8, 4) is 0 Å². The smallest absolute Gasteiger partial charge is 0.460 e. The molecule has 0 saturated heterocycles. The van der Waals surface area contributed by atoms with Crippen LogP contribution in [0.5, 0.6) is 0 Å². The zero-order valence-electron chi connectivity index (χ0n) is 23.7. The summed E-state index contributed by atoms with van der Waals surface area (Å²) < 4.78 is 244. The molecule has 46 heavy (non-hydrogen) atoms. The number of halogens is 17. The van der Waals surface area contributed by atoms with E-state index in [-0.39, 0.29) is 0 Å². The van der Waals surface area contributed by atoms with Crippen LogP contribution in [-0.4, -0.2) is 83.0 Å². The first-order valence-corrected chi connectivity index (χ1v) is 16.3. The molecule has 0 radical (unpaired) electrons. The van der Waals surface area contributed by atoms with Gasteiger partial charge in [0.1, 0.15) is 11.5 Å². The van der Waals surface area contributed by atoms with E-state index < -0.39 is 57.1 Å². The highest BCUT2D eigenvalue weighted by Crippen LogP contribution is 2.64. The lowest BCUT2D eigenvalue weighted by Gasteiger charge is -2.42. The summed E-state index contributed by atoms with van der Waals surface area (Å²) in [5.41, 5.74) is 0. The molecule has 0 amide bonds. The summed E-state index contributed by atoms with van der Waals surface area (Å²) in [6.07, 6.45) is 2.20. The third-order valence-electron chi connectivity index (χ3n) is 6.74. The average Bonchev–Trinajstić information content (AvgIpc) is 3.44. The Morgan fingerprint density at radius 2 is 0.957 bits per heavy atom. The molecule has 276 valence electrons. The SMILES string of the molecule is CCCC[S+](CCCC)CC(=O)C1CCCC1.O=S(=O)([O-])C(F)(F)C(F)(F)C(F)(F)C(F)(F)C(F)(F)C(F)(F)C(F)(F)C(F)(F)F. The highest BCUT2D eigenvalue weighted by Gasteiger charge is 2.95. The number of hydrogen-bond acceptors (Lipinski definition) is 4. The Bertz CT molecular complexity index is 1090. The summed E-state index contributed by atoms with van der Waals surface area (Å²) in [6, 6.07) is 0. The number of hydrogen-bond donors (Lipinski definition) is 0. The fourth-order valence-electron chi connectivity index (χ4n) is 3.82. The lowest BCUT2D eigenvalue weighted by Crippen LogP contribution is -2.75. The Morgan fingerprint density at radius 3 is 1.26 bits per heavy atom. The van der Waals surface area contributed by atoms with Gasteiger partial charge >= 0.3 is 47.0 Å². The van der Waals surface area contributed by atoms with E-state index in [0.29, 0.717) is 22.6 Å². The minimum atomic E-state index is -8.92. The number of rotatable bonds is 16. The molecule has 1 aliphatic rings. The fraction of sp³-hybridized carbons (Fsp3) is 0.957. The lowest BCUT2D eigenvalue weighted by atomic mass is 9.91. The van der Waals surface area contributed by atoms with Crippen LogP contribution in [0.15, 0.2) is 0 Å².